The molecule has 0 spiro atoms. The van der Waals surface area contributed by atoms with Crippen molar-refractivity contribution in [3.63, 3.8) is 0 Å². The number of aliphatic hydroxyl groups excluding tert-OH is 1. The maximum atomic E-state index is 9.48. The van der Waals surface area contributed by atoms with Crippen molar-refractivity contribution in [2.45, 2.75) is 69.3 Å². The van der Waals surface area contributed by atoms with Crippen LogP contribution in [0.1, 0.15) is 27.2 Å². The summed E-state index contributed by atoms with van der Waals surface area (Å²) in [5, 5.41) is 9.48. The van der Waals surface area contributed by atoms with E-state index < -0.39 is 11.6 Å². The van der Waals surface area contributed by atoms with Crippen molar-refractivity contribution in [1.82, 2.24) is 0 Å². The molecule has 3 aliphatic heterocycles. The molecule has 110 valence electrons. The molecule has 19 heavy (non-hydrogen) atoms. The average molecular weight is 274 g/mol. The van der Waals surface area contributed by atoms with Crippen LogP contribution in [0.3, 0.4) is 0 Å². The van der Waals surface area contributed by atoms with E-state index in [-0.39, 0.29) is 37.1 Å². The van der Waals surface area contributed by atoms with Crippen molar-refractivity contribution >= 4 is 0 Å². The van der Waals surface area contributed by atoms with Crippen molar-refractivity contribution in [2.24, 2.45) is 0 Å². The number of fused-ring (bicyclic) bond motifs is 3. The van der Waals surface area contributed by atoms with Crippen LogP contribution in [0.4, 0.5) is 0 Å². The first-order chi connectivity index (χ1) is 8.87. The fourth-order valence-corrected chi connectivity index (χ4v) is 3.24. The van der Waals surface area contributed by atoms with Gasteiger partial charge in [-0.25, -0.2) is 0 Å². The second-order valence-corrected chi connectivity index (χ2v) is 6.08. The topological polar surface area (TPSA) is 66.4 Å². The zero-order valence-electron chi connectivity index (χ0n) is 11.8. The van der Waals surface area contributed by atoms with E-state index in [4.69, 9.17) is 23.7 Å². The molecule has 1 N–H and O–H groups in total. The summed E-state index contributed by atoms with van der Waals surface area (Å²) in [7, 11) is 1.62. The van der Waals surface area contributed by atoms with E-state index in [0.717, 1.165) is 0 Å². The van der Waals surface area contributed by atoms with Crippen LogP contribution in [0.2, 0.25) is 0 Å². The van der Waals surface area contributed by atoms with E-state index in [1.165, 1.54) is 0 Å². The van der Waals surface area contributed by atoms with Crippen LogP contribution in [0.15, 0.2) is 0 Å². The Morgan fingerprint density at radius 2 is 1.79 bits per heavy atom. The lowest BCUT2D eigenvalue weighted by molar-refractivity contribution is -0.234. The Balaban J connectivity index is 1.85. The smallest absolute Gasteiger partial charge is 0.168 e. The van der Waals surface area contributed by atoms with Gasteiger partial charge in [-0.05, 0) is 20.8 Å². The van der Waals surface area contributed by atoms with E-state index in [2.05, 4.69) is 0 Å². The van der Waals surface area contributed by atoms with Crippen LogP contribution in [-0.2, 0) is 23.7 Å². The molecule has 0 unspecified atom stereocenters. The van der Waals surface area contributed by atoms with Gasteiger partial charge in [0, 0.05) is 13.5 Å². The van der Waals surface area contributed by atoms with E-state index >= 15 is 0 Å². The normalized spacial score (nSPS) is 51.9. The summed E-state index contributed by atoms with van der Waals surface area (Å²) in [6, 6.07) is 0. The fraction of sp³-hybridized carbons (Fsp3) is 1.00. The molecule has 6 heteroatoms. The summed E-state index contributed by atoms with van der Waals surface area (Å²) >= 11 is 0. The van der Waals surface area contributed by atoms with Gasteiger partial charge in [-0.3, -0.25) is 0 Å². The van der Waals surface area contributed by atoms with Crippen LogP contribution in [0.25, 0.3) is 0 Å². The molecule has 6 atom stereocenters. The monoisotopic (exact) mass is 274 g/mol. The second kappa shape index (κ2) is 4.38. The first-order valence-electron chi connectivity index (χ1n) is 6.72. The standard InChI is InChI=1S/C13H22O6/c1-12(2)17-10-8(6-14)16-7-5-13(3,15-4)19-9(7)11(10)18-12/h7-11,14H,5-6H2,1-4H3/t7-,8+,9+,10+,11-,13+/m0/s1. The Labute approximate surface area is 112 Å². The number of hydrogen-bond acceptors (Lipinski definition) is 6. The average Bonchev–Trinajstić information content (AvgIpc) is 2.84. The third-order valence-corrected chi connectivity index (χ3v) is 4.14. The van der Waals surface area contributed by atoms with Gasteiger partial charge >= 0.3 is 0 Å². The van der Waals surface area contributed by atoms with Crippen molar-refractivity contribution in [3.8, 4) is 0 Å². The lowest BCUT2D eigenvalue weighted by atomic mass is 9.94. The Morgan fingerprint density at radius 1 is 1.11 bits per heavy atom. The van der Waals surface area contributed by atoms with Crippen molar-refractivity contribution in [1.29, 1.82) is 0 Å². The van der Waals surface area contributed by atoms with Gasteiger partial charge in [0.15, 0.2) is 11.6 Å². The molecule has 0 radical (unpaired) electrons. The minimum absolute atomic E-state index is 0.0898. The molecule has 3 fully saturated rings. The molecule has 3 heterocycles. The number of hydrogen-bond donors (Lipinski definition) is 1. The molecular formula is C13H22O6. The second-order valence-electron chi connectivity index (χ2n) is 6.08. The van der Waals surface area contributed by atoms with Crippen molar-refractivity contribution in [3.05, 3.63) is 0 Å². The Kier molecular flexibility index (Phi) is 3.16. The SMILES string of the molecule is CO[C@@]1(C)C[C@@H]2O[C@H](CO)[C@H]3OC(C)(C)O[C@H]3[C@@H]2O1. The minimum Gasteiger partial charge on any atom is -0.394 e. The van der Waals surface area contributed by atoms with E-state index in [0.29, 0.717) is 6.42 Å². The molecule has 0 bridgehead atoms. The van der Waals surface area contributed by atoms with E-state index in [1.54, 1.807) is 7.11 Å². The van der Waals surface area contributed by atoms with Gasteiger partial charge in [0.2, 0.25) is 0 Å². The van der Waals surface area contributed by atoms with Crippen molar-refractivity contribution in [2.75, 3.05) is 13.7 Å². The van der Waals surface area contributed by atoms with E-state index in [1.807, 2.05) is 20.8 Å². The first-order valence-corrected chi connectivity index (χ1v) is 6.72. The highest BCUT2D eigenvalue weighted by Crippen LogP contribution is 2.45. The molecule has 3 rings (SSSR count). The molecule has 0 aromatic heterocycles. The van der Waals surface area contributed by atoms with E-state index in [9.17, 15) is 5.11 Å². The Hall–Kier alpha value is -0.240. The molecule has 0 aromatic carbocycles. The molecule has 0 saturated carbocycles. The lowest BCUT2D eigenvalue weighted by Gasteiger charge is -2.37. The minimum atomic E-state index is -0.684. The zero-order chi connectivity index (χ0) is 13.8. The maximum absolute atomic E-state index is 9.48. The lowest BCUT2D eigenvalue weighted by Crippen LogP contribution is -2.55. The van der Waals surface area contributed by atoms with Crippen LogP contribution >= 0.6 is 0 Å². The third-order valence-electron chi connectivity index (χ3n) is 4.14. The predicted octanol–water partition coefficient (Wildman–Crippen LogP) is 0.418. The third kappa shape index (κ3) is 2.20. The molecule has 0 aliphatic carbocycles. The number of rotatable bonds is 2. The highest BCUT2D eigenvalue weighted by atomic mass is 16.8. The van der Waals surface area contributed by atoms with Gasteiger partial charge in [0.05, 0.1) is 12.7 Å². The number of aliphatic hydroxyl groups is 1. The quantitative estimate of drug-likeness (QED) is 0.787. The van der Waals surface area contributed by atoms with Crippen LogP contribution in [0.5, 0.6) is 0 Å². The zero-order valence-corrected chi connectivity index (χ0v) is 11.8. The summed E-state index contributed by atoms with van der Waals surface area (Å²) in [5.74, 6) is -1.35. The van der Waals surface area contributed by atoms with Gasteiger partial charge < -0.3 is 28.8 Å². The molecule has 0 amide bonds. The maximum Gasteiger partial charge on any atom is 0.168 e. The van der Waals surface area contributed by atoms with Crippen LogP contribution in [0, 0.1) is 0 Å². The van der Waals surface area contributed by atoms with Gasteiger partial charge in [0.1, 0.15) is 24.4 Å². The molecule has 0 aromatic rings. The Bertz CT molecular complexity index is 359. The molecule has 6 nitrogen and oxygen atoms in total. The van der Waals surface area contributed by atoms with Crippen LogP contribution < -0.4 is 0 Å². The predicted molar refractivity (Wildman–Crippen MR) is 64.5 cm³/mol. The largest absolute Gasteiger partial charge is 0.394 e. The summed E-state index contributed by atoms with van der Waals surface area (Å²) in [6.45, 7) is 5.52. The molecule has 3 saturated heterocycles. The summed E-state index contributed by atoms with van der Waals surface area (Å²) in [4.78, 5) is 0. The highest BCUT2D eigenvalue weighted by Gasteiger charge is 2.60. The van der Waals surface area contributed by atoms with Crippen molar-refractivity contribution < 1.29 is 28.8 Å². The number of methoxy groups -OCH3 is 1. The van der Waals surface area contributed by atoms with Gasteiger partial charge in [-0.2, -0.15) is 0 Å². The molecule has 3 aliphatic rings. The van der Waals surface area contributed by atoms with Gasteiger partial charge in [-0.1, -0.05) is 0 Å². The highest BCUT2D eigenvalue weighted by molar-refractivity contribution is 5.03. The van der Waals surface area contributed by atoms with Gasteiger partial charge in [0.25, 0.3) is 0 Å². The number of ether oxygens (including phenoxy) is 5. The first kappa shape index (κ1) is 13.7. The van der Waals surface area contributed by atoms with Crippen LogP contribution in [-0.4, -0.2) is 60.9 Å². The fourth-order valence-electron chi connectivity index (χ4n) is 3.24. The summed E-state index contributed by atoms with van der Waals surface area (Å²) in [5.41, 5.74) is 0. The van der Waals surface area contributed by atoms with Gasteiger partial charge in [-0.15, -0.1) is 0 Å². The molecular weight excluding hydrogens is 252 g/mol. The Morgan fingerprint density at radius 3 is 2.42 bits per heavy atom. The summed E-state index contributed by atoms with van der Waals surface area (Å²) in [6.07, 6.45) is -0.656. The summed E-state index contributed by atoms with van der Waals surface area (Å²) < 4.78 is 29.1.